The van der Waals surface area contributed by atoms with Crippen LogP contribution in [0.3, 0.4) is 0 Å². The first kappa shape index (κ1) is 18.3. The minimum absolute atomic E-state index is 0.00264. The number of aromatic carboxylic acids is 2. The van der Waals surface area contributed by atoms with Crippen LogP contribution in [-0.4, -0.2) is 43.7 Å². The zero-order chi connectivity index (χ0) is 20.1. The molecule has 0 saturated heterocycles. The Morgan fingerprint density at radius 2 is 1.86 bits per heavy atom. The van der Waals surface area contributed by atoms with Crippen molar-refractivity contribution in [1.29, 1.82) is 0 Å². The van der Waals surface area contributed by atoms with Crippen LogP contribution in [0.25, 0.3) is 0 Å². The van der Waals surface area contributed by atoms with Gasteiger partial charge in [-0.15, -0.1) is 0 Å². The first-order valence-electron chi connectivity index (χ1n) is 8.71. The van der Waals surface area contributed by atoms with Crippen LogP contribution >= 0.6 is 0 Å². The smallest absolute Gasteiger partial charge is 0.339 e. The molecule has 0 fully saturated rings. The van der Waals surface area contributed by atoms with E-state index in [1.807, 2.05) is 0 Å². The number of sulfonamides is 1. The molecule has 146 valence electrons. The van der Waals surface area contributed by atoms with Crippen molar-refractivity contribution < 1.29 is 33.0 Å². The number of rotatable bonds is 4. The number of carboxylic acid groups (broad SMARTS) is 2. The summed E-state index contributed by atoms with van der Waals surface area (Å²) in [6.07, 6.45) is 1.93. The summed E-state index contributed by atoms with van der Waals surface area (Å²) >= 11 is 0. The molecule has 0 saturated carbocycles. The number of aryl methyl sites for hydroxylation is 1. The first-order valence-corrected chi connectivity index (χ1v) is 10.2. The summed E-state index contributed by atoms with van der Waals surface area (Å²) in [6, 6.07) is 7.01. The number of anilines is 1. The van der Waals surface area contributed by atoms with Gasteiger partial charge in [-0.05, 0) is 54.7 Å². The summed E-state index contributed by atoms with van der Waals surface area (Å²) in [6.45, 7) is 0.00180. The van der Waals surface area contributed by atoms with Crippen molar-refractivity contribution in [2.45, 2.75) is 24.2 Å². The predicted octanol–water partition coefficient (Wildman–Crippen LogP) is 2.16. The summed E-state index contributed by atoms with van der Waals surface area (Å²) in [4.78, 5) is 22.9. The molecule has 0 radical (unpaired) electrons. The molecule has 0 atom stereocenters. The van der Waals surface area contributed by atoms with E-state index >= 15 is 0 Å². The molecule has 0 bridgehead atoms. The van der Waals surface area contributed by atoms with Crippen LogP contribution in [0.5, 0.6) is 5.75 Å². The summed E-state index contributed by atoms with van der Waals surface area (Å²) in [7, 11) is -4.10. The van der Waals surface area contributed by atoms with Crippen molar-refractivity contribution in [3.8, 4) is 5.75 Å². The number of benzene rings is 2. The lowest BCUT2D eigenvalue weighted by molar-refractivity contribution is 0.0683. The van der Waals surface area contributed by atoms with E-state index < -0.39 is 22.0 Å². The number of ether oxygens (including phenoxy) is 1. The third kappa shape index (κ3) is 2.78. The van der Waals surface area contributed by atoms with Gasteiger partial charge in [0.25, 0.3) is 10.0 Å². The lowest BCUT2D eigenvalue weighted by Crippen LogP contribution is -2.38. The molecule has 1 heterocycles. The van der Waals surface area contributed by atoms with Gasteiger partial charge in [-0.25, -0.2) is 18.0 Å². The maximum atomic E-state index is 13.5. The highest BCUT2D eigenvalue weighted by molar-refractivity contribution is 7.93. The minimum Gasteiger partial charge on any atom is -0.489 e. The Kier molecular flexibility index (Phi) is 4.26. The average molecular weight is 403 g/mol. The predicted molar refractivity (Wildman–Crippen MR) is 98.9 cm³/mol. The van der Waals surface area contributed by atoms with Crippen LogP contribution in [0.4, 0.5) is 5.69 Å². The highest BCUT2D eigenvalue weighted by atomic mass is 32.2. The van der Waals surface area contributed by atoms with Crippen molar-refractivity contribution in [3.05, 3.63) is 52.6 Å². The van der Waals surface area contributed by atoms with E-state index in [0.717, 1.165) is 16.3 Å². The van der Waals surface area contributed by atoms with Crippen molar-refractivity contribution >= 4 is 27.6 Å². The van der Waals surface area contributed by atoms with Gasteiger partial charge in [-0.3, -0.25) is 4.31 Å². The van der Waals surface area contributed by atoms with Gasteiger partial charge in [0.15, 0.2) is 5.75 Å². The van der Waals surface area contributed by atoms with Gasteiger partial charge < -0.3 is 14.9 Å². The first-order chi connectivity index (χ1) is 13.3. The van der Waals surface area contributed by atoms with Gasteiger partial charge in [0.05, 0.1) is 22.7 Å². The van der Waals surface area contributed by atoms with E-state index in [1.165, 1.54) is 30.3 Å². The quantitative estimate of drug-likeness (QED) is 0.802. The molecule has 1 aliphatic carbocycles. The fourth-order valence-electron chi connectivity index (χ4n) is 3.78. The van der Waals surface area contributed by atoms with E-state index in [0.29, 0.717) is 18.4 Å². The summed E-state index contributed by atoms with van der Waals surface area (Å²) in [5.41, 5.74) is 1.30. The molecule has 4 rings (SSSR count). The molecule has 0 aromatic heterocycles. The second-order valence-corrected chi connectivity index (χ2v) is 8.49. The third-order valence-corrected chi connectivity index (χ3v) is 6.90. The largest absolute Gasteiger partial charge is 0.489 e. The molecule has 0 unspecified atom stereocenters. The molecule has 2 aromatic carbocycles. The maximum Gasteiger partial charge on any atom is 0.339 e. The summed E-state index contributed by atoms with van der Waals surface area (Å²) < 4.78 is 33.6. The Balaban J connectivity index is 1.90. The molecule has 9 heteroatoms. The Hall–Kier alpha value is -3.07. The monoisotopic (exact) mass is 403 g/mol. The highest BCUT2D eigenvalue weighted by Gasteiger charge is 2.35. The number of carbonyl (C=O) groups is 2. The molecule has 1 aliphatic heterocycles. The lowest BCUT2D eigenvalue weighted by atomic mass is 10.1. The second-order valence-electron chi connectivity index (χ2n) is 6.66. The normalized spacial score (nSPS) is 15.5. The van der Waals surface area contributed by atoms with E-state index in [1.54, 1.807) is 0 Å². The van der Waals surface area contributed by atoms with Crippen LogP contribution in [0.2, 0.25) is 0 Å². The lowest BCUT2D eigenvalue weighted by Gasteiger charge is -2.31. The molecular formula is C19H17NO7S. The van der Waals surface area contributed by atoms with Gasteiger partial charge in [-0.2, -0.15) is 0 Å². The van der Waals surface area contributed by atoms with Crippen molar-refractivity contribution in [2.24, 2.45) is 0 Å². The Labute approximate surface area is 161 Å². The fourth-order valence-corrected chi connectivity index (χ4v) is 5.56. The van der Waals surface area contributed by atoms with Crippen molar-refractivity contribution in [2.75, 3.05) is 17.5 Å². The van der Waals surface area contributed by atoms with Gasteiger partial charge in [0, 0.05) is 0 Å². The molecule has 2 N–H and O–H groups in total. The van der Waals surface area contributed by atoms with E-state index in [-0.39, 0.29) is 40.6 Å². The number of hydrogen-bond donors (Lipinski definition) is 2. The molecule has 0 spiro atoms. The third-order valence-electron chi connectivity index (χ3n) is 5.02. The van der Waals surface area contributed by atoms with Crippen molar-refractivity contribution in [1.82, 2.24) is 0 Å². The van der Waals surface area contributed by atoms with Gasteiger partial charge in [0.1, 0.15) is 12.2 Å². The van der Waals surface area contributed by atoms with Crippen LogP contribution in [0.15, 0.2) is 35.2 Å². The molecule has 0 amide bonds. The van der Waals surface area contributed by atoms with E-state index in [2.05, 4.69) is 0 Å². The van der Waals surface area contributed by atoms with E-state index in [4.69, 9.17) is 4.74 Å². The Bertz CT molecular complexity index is 1110. The highest BCUT2D eigenvalue weighted by Crippen LogP contribution is 2.40. The summed E-state index contributed by atoms with van der Waals surface area (Å²) in [5, 5.41) is 18.7. The van der Waals surface area contributed by atoms with Crippen LogP contribution in [0, 0.1) is 0 Å². The molecule has 8 nitrogen and oxygen atoms in total. The average Bonchev–Trinajstić information content (AvgIpc) is 3.14. The zero-order valence-electron chi connectivity index (χ0n) is 14.7. The van der Waals surface area contributed by atoms with Gasteiger partial charge >= 0.3 is 11.9 Å². The topological polar surface area (TPSA) is 121 Å². The van der Waals surface area contributed by atoms with Crippen molar-refractivity contribution in [3.63, 3.8) is 0 Å². The SMILES string of the molecule is O=C(O)c1cc2c(c(S(=O)(=O)N3CCOc4c(C(=O)O)cccc43)c1)CCC2. The number of nitrogens with zero attached hydrogens (tertiary/aromatic N) is 1. The van der Waals surface area contributed by atoms with Gasteiger partial charge in [0.2, 0.25) is 0 Å². The molecule has 2 aliphatic rings. The minimum atomic E-state index is -4.10. The summed E-state index contributed by atoms with van der Waals surface area (Å²) in [5.74, 6) is -2.41. The number of carboxylic acids is 2. The molecule has 28 heavy (non-hydrogen) atoms. The van der Waals surface area contributed by atoms with Gasteiger partial charge in [-0.1, -0.05) is 6.07 Å². The Morgan fingerprint density at radius 1 is 1.07 bits per heavy atom. The van der Waals surface area contributed by atoms with Crippen LogP contribution in [-0.2, 0) is 22.9 Å². The van der Waals surface area contributed by atoms with Crippen LogP contribution < -0.4 is 9.04 Å². The standard InChI is InChI=1S/C19H17NO7S/c21-18(22)12-9-11-3-1-4-13(11)16(10-12)28(25,26)20-7-8-27-17-14(19(23)24)5-2-6-15(17)20/h2,5-6,9-10H,1,3-4,7-8H2,(H,21,22)(H,23,24). The fraction of sp³-hybridized carbons (Fsp3) is 0.263. The number of fused-ring (bicyclic) bond motifs is 2. The maximum absolute atomic E-state index is 13.5. The molecule has 2 aromatic rings. The Morgan fingerprint density at radius 3 is 2.57 bits per heavy atom. The number of para-hydroxylation sites is 1. The van der Waals surface area contributed by atoms with Crippen LogP contribution in [0.1, 0.15) is 38.3 Å². The number of hydrogen-bond acceptors (Lipinski definition) is 5. The second kappa shape index (κ2) is 6.52. The molecular weight excluding hydrogens is 386 g/mol. The zero-order valence-corrected chi connectivity index (χ0v) is 15.5. The van der Waals surface area contributed by atoms with E-state index in [9.17, 15) is 28.2 Å².